The number of amidine groups is 1. The molecule has 0 heterocycles. The number of azide groups is 1. The van der Waals surface area contributed by atoms with Crippen LogP contribution in [0.1, 0.15) is 33.6 Å². The van der Waals surface area contributed by atoms with Crippen molar-refractivity contribution in [1.82, 2.24) is 5.32 Å². The Bertz CT molecular complexity index is 345. The molecule has 0 spiro atoms. The molecule has 0 radical (unpaired) electrons. The molecule has 0 aliphatic carbocycles. The van der Waals surface area contributed by atoms with E-state index < -0.39 is 11.3 Å². The molecule has 17 heavy (non-hydrogen) atoms. The monoisotopic (exact) mass is 241 g/mol. The lowest BCUT2D eigenvalue weighted by Crippen LogP contribution is -2.42. The maximum atomic E-state index is 11.8. The molecule has 0 rings (SSSR count). The number of amides is 1. The van der Waals surface area contributed by atoms with Gasteiger partial charge >= 0.3 is 0 Å². The molecule has 0 fully saturated rings. The summed E-state index contributed by atoms with van der Waals surface area (Å²) in [5, 5.41) is 17.5. The van der Waals surface area contributed by atoms with Crippen LogP contribution in [-0.4, -0.2) is 24.0 Å². The van der Waals surface area contributed by atoms with Crippen molar-refractivity contribution in [3.63, 3.8) is 0 Å². The van der Waals surface area contributed by atoms with E-state index in [0.717, 1.165) is 12.8 Å². The van der Waals surface area contributed by atoms with Crippen molar-refractivity contribution in [2.75, 3.05) is 7.05 Å². The topological polar surface area (TPSA) is 110 Å². The largest absolute Gasteiger partial charge is 0.411 e. The van der Waals surface area contributed by atoms with Crippen LogP contribution in [0.25, 0.3) is 10.4 Å². The summed E-state index contributed by atoms with van der Waals surface area (Å²) in [5.41, 5.74) is 7.95. The van der Waals surface area contributed by atoms with Gasteiger partial charge in [-0.3, -0.25) is 4.79 Å². The van der Waals surface area contributed by atoms with Crippen molar-refractivity contribution in [3.8, 4) is 0 Å². The second kappa shape index (κ2) is 6.75. The third-order valence-corrected chi connectivity index (χ3v) is 2.69. The fourth-order valence-electron chi connectivity index (χ4n) is 1.94. The molecule has 0 aromatic carbocycles. The molecule has 0 aliphatic heterocycles. The van der Waals surface area contributed by atoms with Crippen LogP contribution in [0.2, 0.25) is 0 Å². The highest BCUT2D eigenvalue weighted by Crippen LogP contribution is 2.33. The van der Waals surface area contributed by atoms with Crippen LogP contribution in [-0.2, 0) is 4.79 Å². The van der Waals surface area contributed by atoms with E-state index >= 15 is 0 Å². The molecule has 1 unspecified atom stereocenters. The molecule has 1 amide bonds. The quantitative estimate of drug-likeness (QED) is 0.146. The normalized spacial score (nSPS) is 13.8. The summed E-state index contributed by atoms with van der Waals surface area (Å²) < 4.78 is 0. The molecule has 7 nitrogen and oxygen atoms in total. The Balaban J connectivity index is 5.41. The highest BCUT2D eigenvalue weighted by atomic mass is 16.4. The van der Waals surface area contributed by atoms with Gasteiger partial charge in [-0.15, -0.1) is 0 Å². The minimum absolute atomic E-state index is 0.203. The SMILES string of the molecule is CCCC(C)(C)C(C(=O)NC)/C(N=[N+]=[N-])=N/O. The van der Waals surface area contributed by atoms with E-state index in [1.807, 2.05) is 20.8 Å². The highest BCUT2D eigenvalue weighted by molar-refractivity contribution is 6.03. The van der Waals surface area contributed by atoms with Gasteiger partial charge in [-0.2, -0.15) is 0 Å². The summed E-state index contributed by atoms with van der Waals surface area (Å²) in [6, 6.07) is 0. The number of nitrogens with zero attached hydrogens (tertiary/aromatic N) is 4. The Morgan fingerprint density at radius 3 is 2.53 bits per heavy atom. The molecule has 7 heteroatoms. The van der Waals surface area contributed by atoms with E-state index in [4.69, 9.17) is 10.7 Å². The van der Waals surface area contributed by atoms with Gasteiger partial charge in [-0.25, -0.2) is 0 Å². The lowest BCUT2D eigenvalue weighted by atomic mass is 9.74. The fourth-order valence-corrected chi connectivity index (χ4v) is 1.94. The zero-order valence-corrected chi connectivity index (χ0v) is 10.6. The Morgan fingerprint density at radius 1 is 1.59 bits per heavy atom. The minimum Gasteiger partial charge on any atom is -0.411 e. The van der Waals surface area contributed by atoms with Gasteiger partial charge in [-0.05, 0) is 22.5 Å². The number of carbonyl (C=O) groups excluding carboxylic acids is 1. The Morgan fingerprint density at radius 2 is 2.18 bits per heavy atom. The standard InChI is InChI=1S/C10H19N5O2/c1-5-6-10(2,3)7(9(16)12-4)8(14-17)13-15-11/h7,17H,5-6H2,1-4H3,(H,12,16)/b14-8-. The molecule has 0 aliphatic rings. The number of hydrogen-bond acceptors (Lipinski definition) is 3. The van der Waals surface area contributed by atoms with E-state index in [9.17, 15) is 4.79 Å². The first kappa shape index (κ1) is 15.2. The van der Waals surface area contributed by atoms with Gasteiger partial charge in [0.2, 0.25) is 5.91 Å². The molecular formula is C10H19N5O2. The van der Waals surface area contributed by atoms with E-state index in [1.54, 1.807) is 0 Å². The lowest BCUT2D eigenvalue weighted by molar-refractivity contribution is -0.125. The predicted molar refractivity (Wildman–Crippen MR) is 64.6 cm³/mol. The third kappa shape index (κ3) is 3.96. The predicted octanol–water partition coefficient (Wildman–Crippen LogP) is 2.27. The van der Waals surface area contributed by atoms with Crippen molar-refractivity contribution in [2.45, 2.75) is 33.6 Å². The lowest BCUT2D eigenvalue weighted by Gasteiger charge is -2.31. The maximum Gasteiger partial charge on any atom is 0.229 e. The van der Waals surface area contributed by atoms with Crippen LogP contribution in [0.5, 0.6) is 0 Å². The van der Waals surface area contributed by atoms with Gasteiger partial charge in [0, 0.05) is 12.0 Å². The first-order valence-electron chi connectivity index (χ1n) is 5.43. The average molecular weight is 241 g/mol. The van der Waals surface area contributed by atoms with Gasteiger partial charge in [0.25, 0.3) is 0 Å². The van der Waals surface area contributed by atoms with Crippen LogP contribution in [0.15, 0.2) is 10.3 Å². The molecule has 0 saturated heterocycles. The van der Waals surface area contributed by atoms with E-state index in [0.29, 0.717) is 0 Å². The molecule has 96 valence electrons. The molecule has 0 aromatic rings. The third-order valence-electron chi connectivity index (χ3n) is 2.69. The number of rotatable bonds is 5. The van der Waals surface area contributed by atoms with Gasteiger partial charge in [-0.1, -0.05) is 32.3 Å². The molecule has 0 saturated carbocycles. The number of nitrogens with one attached hydrogen (secondary N) is 1. The summed E-state index contributed by atoms with van der Waals surface area (Å²) in [7, 11) is 1.49. The molecule has 1 atom stereocenters. The first-order chi connectivity index (χ1) is 7.94. The van der Waals surface area contributed by atoms with Gasteiger partial charge in [0.15, 0.2) is 5.84 Å². The summed E-state index contributed by atoms with van der Waals surface area (Å²) in [5.74, 6) is -1.30. The van der Waals surface area contributed by atoms with Crippen LogP contribution in [0.3, 0.4) is 0 Å². The van der Waals surface area contributed by atoms with E-state index in [2.05, 4.69) is 20.5 Å². The van der Waals surface area contributed by atoms with Crippen LogP contribution in [0.4, 0.5) is 0 Å². The summed E-state index contributed by atoms with van der Waals surface area (Å²) >= 11 is 0. The van der Waals surface area contributed by atoms with Crippen LogP contribution >= 0.6 is 0 Å². The Hall–Kier alpha value is -1.75. The average Bonchev–Trinajstić information content (AvgIpc) is 2.27. The second-order valence-electron chi connectivity index (χ2n) is 4.43. The van der Waals surface area contributed by atoms with Crippen LogP contribution < -0.4 is 5.32 Å². The van der Waals surface area contributed by atoms with Crippen molar-refractivity contribution in [2.24, 2.45) is 21.6 Å². The number of oxime groups is 1. The number of hydrogen-bond donors (Lipinski definition) is 2. The molecular weight excluding hydrogens is 222 g/mol. The van der Waals surface area contributed by atoms with E-state index in [1.165, 1.54) is 7.05 Å². The van der Waals surface area contributed by atoms with Crippen molar-refractivity contribution < 1.29 is 10.0 Å². The van der Waals surface area contributed by atoms with Crippen LogP contribution in [0, 0.1) is 11.3 Å². The summed E-state index contributed by atoms with van der Waals surface area (Å²) in [6.07, 6.45) is 1.61. The molecule has 0 bridgehead atoms. The summed E-state index contributed by atoms with van der Waals surface area (Å²) in [6.45, 7) is 5.73. The zero-order chi connectivity index (χ0) is 13.5. The zero-order valence-electron chi connectivity index (χ0n) is 10.6. The van der Waals surface area contributed by atoms with Gasteiger partial charge < -0.3 is 10.5 Å². The fraction of sp³-hybridized carbons (Fsp3) is 0.800. The number of carbonyl (C=O) groups is 1. The second-order valence-corrected chi connectivity index (χ2v) is 4.43. The Kier molecular flexibility index (Phi) is 6.06. The molecule has 2 N–H and O–H groups in total. The summed E-state index contributed by atoms with van der Waals surface area (Å²) in [4.78, 5) is 14.4. The maximum absolute atomic E-state index is 11.8. The Labute approximate surface area is 101 Å². The van der Waals surface area contributed by atoms with Crippen molar-refractivity contribution >= 4 is 11.7 Å². The smallest absolute Gasteiger partial charge is 0.229 e. The van der Waals surface area contributed by atoms with Crippen molar-refractivity contribution in [3.05, 3.63) is 10.4 Å². The molecule has 0 aromatic heterocycles. The minimum atomic E-state index is -0.770. The van der Waals surface area contributed by atoms with Gasteiger partial charge in [0.05, 0.1) is 5.92 Å². The van der Waals surface area contributed by atoms with E-state index in [-0.39, 0.29) is 11.7 Å². The van der Waals surface area contributed by atoms with Crippen molar-refractivity contribution in [1.29, 1.82) is 0 Å². The van der Waals surface area contributed by atoms with Gasteiger partial charge in [0.1, 0.15) is 0 Å². The highest BCUT2D eigenvalue weighted by Gasteiger charge is 2.38. The first-order valence-corrected chi connectivity index (χ1v) is 5.43.